The maximum atomic E-state index is 5.54. The van der Waals surface area contributed by atoms with Crippen LogP contribution in [0.5, 0.6) is 0 Å². The molecule has 6 heterocycles. The first-order valence-electron chi connectivity index (χ1n) is 13.8. The number of thiol groups is 1. The van der Waals surface area contributed by atoms with E-state index in [0.717, 1.165) is 61.4 Å². The van der Waals surface area contributed by atoms with Gasteiger partial charge < -0.3 is 26.4 Å². The van der Waals surface area contributed by atoms with E-state index < -0.39 is 0 Å². The molecule has 0 unspecified atom stereocenters. The second kappa shape index (κ2) is 12.8. The number of imidazole rings is 3. The summed E-state index contributed by atoms with van der Waals surface area (Å²) in [5.74, 6) is 4.28. The number of nitrogen functional groups attached to an aromatic ring is 1. The van der Waals surface area contributed by atoms with Crippen molar-refractivity contribution < 1.29 is 0 Å². The zero-order chi connectivity index (χ0) is 32.2. The van der Waals surface area contributed by atoms with Crippen LogP contribution in [0.2, 0.25) is 0 Å². The van der Waals surface area contributed by atoms with Crippen molar-refractivity contribution in [2.24, 2.45) is 5.73 Å². The molecule has 9 aromatic rings. The quantitative estimate of drug-likeness (QED) is 0.120. The van der Waals surface area contributed by atoms with Gasteiger partial charge in [0.2, 0.25) is 17.5 Å². The highest BCUT2D eigenvalue weighted by molar-refractivity contribution is 7.79. The third-order valence-electron chi connectivity index (χ3n) is 6.72. The van der Waals surface area contributed by atoms with Gasteiger partial charge in [0.25, 0.3) is 0 Å². The minimum Gasteiger partial charge on any atom is -0.369 e. The molecule has 0 radical (unpaired) electrons. The monoisotopic (exact) mass is 648 g/mol. The number of benzene rings is 3. The second-order valence-corrected chi connectivity index (χ2v) is 10.1. The number of hydrogen-bond donors (Lipinski definition) is 9. The van der Waals surface area contributed by atoms with Crippen LogP contribution in [0.15, 0.2) is 54.6 Å². The molecule has 6 aromatic heterocycles. The minimum absolute atomic E-state index is 0.395. The number of fused-ring (bicyclic) bond motifs is 3. The lowest BCUT2D eigenvalue weighted by Gasteiger charge is -1.93. The molecule has 0 atom stereocenters. The van der Waals surface area contributed by atoms with E-state index in [-0.39, 0.29) is 0 Å². The van der Waals surface area contributed by atoms with E-state index in [1.165, 1.54) is 0 Å². The summed E-state index contributed by atoms with van der Waals surface area (Å²) in [6.07, 6.45) is 0. The summed E-state index contributed by atoms with van der Waals surface area (Å²) in [6, 6.07) is 17.1. The number of anilines is 1. The number of H-pyrrole nitrogens is 6. The van der Waals surface area contributed by atoms with Crippen LogP contribution >= 0.6 is 12.6 Å². The van der Waals surface area contributed by atoms with Crippen LogP contribution < -0.4 is 11.5 Å². The molecular weight excluding hydrogens is 624 g/mol. The fraction of sp³-hybridized carbons (Fsp3) is 0.0769. The molecule has 9 rings (SSSR count). The predicted octanol–water partition coefficient (Wildman–Crippen LogP) is 1.70. The molecule has 0 saturated heterocycles. The Morgan fingerprint density at radius 3 is 1.40 bits per heavy atom. The summed E-state index contributed by atoms with van der Waals surface area (Å²) in [5.41, 5.74) is 19.0. The van der Waals surface area contributed by atoms with Gasteiger partial charge in [-0.05, 0) is 70.2 Å². The summed E-state index contributed by atoms with van der Waals surface area (Å²) in [7, 11) is 0. The molecule has 234 valence electrons. The summed E-state index contributed by atoms with van der Waals surface area (Å²) in [6.45, 7) is 0.395. The van der Waals surface area contributed by atoms with Crippen molar-refractivity contribution in [3.8, 4) is 34.2 Å². The summed E-state index contributed by atoms with van der Waals surface area (Å²) in [4.78, 5) is 22.0. The minimum atomic E-state index is 0.395. The average molecular weight is 649 g/mol. The molecule has 0 spiro atoms. The van der Waals surface area contributed by atoms with Crippen LogP contribution in [0.3, 0.4) is 0 Å². The lowest BCUT2D eigenvalue weighted by atomic mass is 10.2. The molecule has 0 amide bonds. The average Bonchev–Trinajstić information content (AvgIpc) is 3.94. The van der Waals surface area contributed by atoms with Crippen molar-refractivity contribution in [1.82, 2.24) is 91.8 Å². The van der Waals surface area contributed by atoms with Crippen molar-refractivity contribution in [3.63, 3.8) is 0 Å². The maximum Gasteiger partial charge on any atom is 0.204 e. The topological polar surface area (TPSA) is 301 Å². The largest absolute Gasteiger partial charge is 0.369 e. The van der Waals surface area contributed by atoms with Gasteiger partial charge in [-0.25, -0.2) is 15.0 Å². The molecule has 0 aliphatic carbocycles. The van der Waals surface area contributed by atoms with E-state index in [4.69, 9.17) is 11.5 Å². The van der Waals surface area contributed by atoms with Crippen LogP contribution in [0.1, 0.15) is 11.6 Å². The lowest BCUT2D eigenvalue weighted by Crippen LogP contribution is -1.97. The molecule has 47 heavy (non-hydrogen) atoms. The number of tetrazole rings is 3. The number of nitrogens with two attached hydrogens (primary N) is 2. The van der Waals surface area contributed by atoms with E-state index in [9.17, 15) is 0 Å². The zero-order valence-corrected chi connectivity index (χ0v) is 25.0. The van der Waals surface area contributed by atoms with Crippen molar-refractivity contribution >= 4 is 51.7 Å². The number of aromatic amines is 6. The highest BCUT2D eigenvalue weighted by Crippen LogP contribution is 2.22. The van der Waals surface area contributed by atoms with Gasteiger partial charge >= 0.3 is 0 Å². The van der Waals surface area contributed by atoms with Gasteiger partial charge in [0.1, 0.15) is 11.6 Å². The number of nitrogens with one attached hydrogen (secondary N) is 6. The Labute approximate surface area is 267 Å². The summed E-state index contributed by atoms with van der Waals surface area (Å²) in [5, 5.41) is 41.2. The fourth-order valence-electron chi connectivity index (χ4n) is 4.60. The van der Waals surface area contributed by atoms with Crippen LogP contribution in [0, 0.1) is 0 Å². The van der Waals surface area contributed by atoms with Gasteiger partial charge in [-0.3, -0.25) is 0 Å². The SMILES string of the molecule is NCc1nc2ccc(-c3nn[nH]n3)cc2[nH]1.Nc1nc2ccc(-c3nn[nH]n3)cc2[nH]1.SCc1nc2ccc(-c3nn[nH]n3)cc2[nH]1. The highest BCUT2D eigenvalue weighted by Gasteiger charge is 2.08. The highest BCUT2D eigenvalue weighted by atomic mass is 32.1. The molecule has 0 fully saturated rings. The first-order chi connectivity index (χ1) is 23.1. The molecular formula is C26H24N20S. The normalized spacial score (nSPS) is 11.0. The molecule has 0 aliphatic rings. The summed E-state index contributed by atoms with van der Waals surface area (Å²) >= 11 is 4.17. The number of aromatic nitrogens is 18. The second-order valence-electron chi connectivity index (χ2n) is 9.75. The fourth-order valence-corrected chi connectivity index (χ4v) is 4.75. The zero-order valence-electron chi connectivity index (χ0n) is 24.1. The Kier molecular flexibility index (Phi) is 7.92. The molecule has 0 saturated carbocycles. The van der Waals surface area contributed by atoms with Gasteiger partial charge in [-0.15, -0.1) is 30.6 Å². The van der Waals surface area contributed by atoms with Gasteiger partial charge in [0.05, 0.1) is 39.6 Å². The lowest BCUT2D eigenvalue weighted by molar-refractivity contribution is 0.881. The number of hydrogen-bond acceptors (Lipinski definition) is 15. The third kappa shape index (κ3) is 6.31. The van der Waals surface area contributed by atoms with E-state index in [2.05, 4.69) is 104 Å². The molecule has 0 bridgehead atoms. The van der Waals surface area contributed by atoms with Crippen LogP contribution in [0.25, 0.3) is 67.3 Å². The van der Waals surface area contributed by atoms with Crippen molar-refractivity contribution in [1.29, 1.82) is 0 Å². The van der Waals surface area contributed by atoms with Crippen LogP contribution in [0.4, 0.5) is 5.95 Å². The number of rotatable bonds is 5. The Morgan fingerprint density at radius 1 is 0.553 bits per heavy atom. The molecule has 0 aliphatic heterocycles. The Hall–Kier alpha value is -6.61. The van der Waals surface area contributed by atoms with E-state index in [1.807, 2.05) is 54.6 Å². The predicted molar refractivity (Wildman–Crippen MR) is 173 cm³/mol. The molecule has 3 aromatic carbocycles. The molecule has 21 heteroatoms. The molecule has 10 N–H and O–H groups in total. The van der Waals surface area contributed by atoms with Gasteiger partial charge in [0.15, 0.2) is 5.95 Å². The van der Waals surface area contributed by atoms with Crippen LogP contribution in [-0.4, -0.2) is 91.8 Å². The third-order valence-corrected chi connectivity index (χ3v) is 7.02. The van der Waals surface area contributed by atoms with Gasteiger partial charge in [-0.2, -0.15) is 28.3 Å². The van der Waals surface area contributed by atoms with E-state index >= 15 is 0 Å². The van der Waals surface area contributed by atoms with Gasteiger partial charge in [-0.1, -0.05) is 0 Å². The number of nitrogens with zero attached hydrogens (tertiary/aromatic N) is 12. The Morgan fingerprint density at radius 2 is 0.979 bits per heavy atom. The van der Waals surface area contributed by atoms with Crippen molar-refractivity contribution in [2.75, 3.05) is 5.73 Å². The molecule has 20 nitrogen and oxygen atoms in total. The Balaban J connectivity index is 0.000000112. The summed E-state index contributed by atoms with van der Waals surface area (Å²) < 4.78 is 0. The van der Waals surface area contributed by atoms with Crippen molar-refractivity contribution in [3.05, 3.63) is 66.2 Å². The first kappa shape index (κ1) is 29.1. The first-order valence-corrected chi connectivity index (χ1v) is 14.4. The van der Waals surface area contributed by atoms with E-state index in [1.54, 1.807) is 0 Å². The van der Waals surface area contributed by atoms with E-state index in [0.29, 0.717) is 35.7 Å². The smallest absolute Gasteiger partial charge is 0.204 e. The van der Waals surface area contributed by atoms with Gasteiger partial charge in [0, 0.05) is 22.4 Å². The Bertz CT molecular complexity index is 2240. The standard InChI is InChI=1S/C9H9N7.C9H8N6S.C8H7N7/c10-4-8-11-6-2-1-5(3-7(6)12-8)9-13-15-16-14-9;16-4-8-10-6-2-1-5(3-7(6)11-8)9-12-14-15-13-9;9-8-10-5-2-1-4(3-6(5)11-8)7-12-14-15-13-7/h1-3H,4,10H2,(H,11,12)(H,13,14,15,16);1-3,16H,4H2,(H,10,11)(H,12,13,14,15);1-3H,(H3,9,10,11)(H,12,13,14,15). The maximum absolute atomic E-state index is 5.54. The van der Waals surface area contributed by atoms with Crippen molar-refractivity contribution in [2.45, 2.75) is 12.3 Å². The van der Waals surface area contributed by atoms with Crippen LogP contribution in [-0.2, 0) is 12.3 Å².